The summed E-state index contributed by atoms with van der Waals surface area (Å²) in [5, 5.41) is 9.39. The highest BCUT2D eigenvalue weighted by atomic mass is 32.2. The van der Waals surface area contributed by atoms with Gasteiger partial charge < -0.3 is 10.6 Å². The molecular formula is C20H23F3N6O2S. The van der Waals surface area contributed by atoms with Gasteiger partial charge >= 0.3 is 6.18 Å². The Bertz CT molecular complexity index is 1200. The fourth-order valence-corrected chi connectivity index (χ4v) is 5.17. The van der Waals surface area contributed by atoms with Crippen molar-refractivity contribution in [3.63, 3.8) is 0 Å². The topological polar surface area (TPSA) is 114 Å². The fourth-order valence-electron chi connectivity index (χ4n) is 3.51. The molecule has 32 heavy (non-hydrogen) atoms. The summed E-state index contributed by atoms with van der Waals surface area (Å²) in [5.74, 6) is -1.93. The summed E-state index contributed by atoms with van der Waals surface area (Å²) in [7, 11) is -3.31. The van der Waals surface area contributed by atoms with Crippen molar-refractivity contribution < 1.29 is 21.6 Å². The molecule has 0 spiro atoms. The molecule has 0 amide bonds. The molecule has 4 N–H and O–H groups in total. The molecule has 0 saturated heterocycles. The van der Waals surface area contributed by atoms with Crippen molar-refractivity contribution in [2.45, 2.75) is 48.8 Å². The number of allylic oxidation sites excluding steroid dienone is 1. The predicted molar refractivity (Wildman–Crippen MR) is 113 cm³/mol. The highest BCUT2D eigenvalue weighted by Crippen LogP contribution is 2.34. The molecule has 2 aromatic rings. The summed E-state index contributed by atoms with van der Waals surface area (Å²) in [5.41, 5.74) is 6.80. The maximum Gasteiger partial charge on any atom is 0.421 e. The number of sulfone groups is 1. The Morgan fingerprint density at radius 3 is 2.50 bits per heavy atom. The molecule has 2 aliphatic rings. The van der Waals surface area contributed by atoms with Crippen LogP contribution in [0, 0.1) is 6.92 Å². The van der Waals surface area contributed by atoms with Gasteiger partial charge in [-0.05, 0) is 51.0 Å². The average molecular weight is 469 g/mol. The molecule has 1 fully saturated rings. The molecule has 12 heteroatoms. The largest absolute Gasteiger partial charge is 0.421 e. The van der Waals surface area contributed by atoms with Crippen molar-refractivity contribution in [2.75, 3.05) is 6.54 Å². The third kappa shape index (κ3) is 3.99. The van der Waals surface area contributed by atoms with Crippen LogP contribution in [0.4, 0.5) is 13.2 Å². The van der Waals surface area contributed by atoms with Gasteiger partial charge in [0, 0.05) is 19.0 Å². The van der Waals surface area contributed by atoms with Crippen molar-refractivity contribution >= 4 is 16.1 Å². The van der Waals surface area contributed by atoms with E-state index in [9.17, 15) is 21.6 Å². The lowest BCUT2D eigenvalue weighted by molar-refractivity contribution is -0.0876. The number of aromatic nitrogens is 2. The van der Waals surface area contributed by atoms with Gasteiger partial charge in [-0.3, -0.25) is 5.73 Å². The summed E-state index contributed by atoms with van der Waals surface area (Å²) in [6.45, 7) is 3.59. The second kappa shape index (κ2) is 7.62. The quantitative estimate of drug-likeness (QED) is 0.599. The SMILES string of the molecule is CCNC1=C(C(F)(F)F)C=NC(N)(c2cn(-c3ccc(S(=O)(=O)C4CC4)cc3)nc2C)N1. The van der Waals surface area contributed by atoms with Gasteiger partial charge in [0.25, 0.3) is 0 Å². The molecule has 172 valence electrons. The Kier molecular flexibility index (Phi) is 5.32. The first-order valence-corrected chi connectivity index (χ1v) is 11.6. The number of nitrogens with one attached hydrogen (secondary N) is 2. The van der Waals surface area contributed by atoms with Crippen molar-refractivity contribution in [1.29, 1.82) is 0 Å². The number of aliphatic imine (C=N–C) groups is 1. The molecule has 1 aromatic heterocycles. The number of nitrogens with zero attached hydrogens (tertiary/aromatic N) is 3. The van der Waals surface area contributed by atoms with Gasteiger partial charge in [-0.25, -0.2) is 18.1 Å². The van der Waals surface area contributed by atoms with Crippen LogP contribution >= 0.6 is 0 Å². The second-order valence-electron chi connectivity index (χ2n) is 7.78. The van der Waals surface area contributed by atoms with E-state index in [-0.39, 0.29) is 22.5 Å². The molecule has 1 unspecified atom stereocenters. The molecule has 1 aliphatic carbocycles. The summed E-state index contributed by atoms with van der Waals surface area (Å²) in [6, 6.07) is 6.29. The molecular weight excluding hydrogens is 445 g/mol. The van der Waals surface area contributed by atoms with Crippen LogP contribution in [-0.2, 0) is 15.6 Å². The fraction of sp³-hybridized carbons (Fsp3) is 0.400. The maximum absolute atomic E-state index is 13.3. The lowest BCUT2D eigenvalue weighted by Crippen LogP contribution is -2.54. The molecule has 1 atom stereocenters. The standard InChI is InChI=1S/C20H23F3N6O2S/c1-3-25-18-16(19(21,22)23)10-26-20(24,27-18)17-11-29(28-12(17)2)13-4-6-14(7-5-13)32(30,31)15-8-9-15/h4-7,10-11,15,25,27H,3,8-9,24H2,1-2H3. The van der Waals surface area contributed by atoms with Crippen LogP contribution in [0.5, 0.6) is 0 Å². The zero-order valence-electron chi connectivity index (χ0n) is 17.4. The van der Waals surface area contributed by atoms with E-state index in [2.05, 4.69) is 20.7 Å². The molecule has 1 aromatic carbocycles. The summed E-state index contributed by atoms with van der Waals surface area (Å²) in [6.07, 6.45) is -0.972. The number of alkyl halides is 3. The first-order valence-electron chi connectivity index (χ1n) is 10.0. The Morgan fingerprint density at radius 1 is 1.28 bits per heavy atom. The lowest BCUT2D eigenvalue weighted by atomic mass is 10.1. The van der Waals surface area contributed by atoms with E-state index in [1.807, 2.05) is 0 Å². The number of hydrogen-bond acceptors (Lipinski definition) is 7. The zero-order chi connectivity index (χ0) is 23.3. The highest BCUT2D eigenvalue weighted by Gasteiger charge is 2.42. The van der Waals surface area contributed by atoms with Gasteiger partial charge in [-0.1, -0.05) is 0 Å². The van der Waals surface area contributed by atoms with Gasteiger partial charge in [0.15, 0.2) is 9.84 Å². The number of halogens is 3. The summed E-state index contributed by atoms with van der Waals surface area (Å²) < 4.78 is 66.2. The van der Waals surface area contributed by atoms with Crippen LogP contribution < -0.4 is 16.4 Å². The van der Waals surface area contributed by atoms with Gasteiger partial charge in [-0.15, -0.1) is 0 Å². The summed E-state index contributed by atoms with van der Waals surface area (Å²) >= 11 is 0. The first-order chi connectivity index (χ1) is 15.0. The smallest absolute Gasteiger partial charge is 0.372 e. The molecule has 4 rings (SSSR count). The van der Waals surface area contributed by atoms with Crippen LogP contribution in [0.3, 0.4) is 0 Å². The predicted octanol–water partition coefficient (Wildman–Crippen LogP) is 2.24. The van der Waals surface area contributed by atoms with E-state index >= 15 is 0 Å². The second-order valence-corrected chi connectivity index (χ2v) is 10.0. The average Bonchev–Trinajstić information content (AvgIpc) is 3.50. The van der Waals surface area contributed by atoms with Crippen molar-refractivity contribution in [3.05, 3.63) is 53.1 Å². The number of rotatable bonds is 6. The van der Waals surface area contributed by atoms with Gasteiger partial charge in [-0.2, -0.15) is 18.3 Å². The zero-order valence-corrected chi connectivity index (χ0v) is 18.3. The lowest BCUT2D eigenvalue weighted by Gasteiger charge is -2.33. The minimum Gasteiger partial charge on any atom is -0.372 e. The van der Waals surface area contributed by atoms with Crippen molar-refractivity contribution in [3.8, 4) is 5.69 Å². The van der Waals surface area contributed by atoms with Gasteiger partial charge in [0.2, 0.25) is 5.79 Å². The molecule has 0 bridgehead atoms. The van der Waals surface area contributed by atoms with E-state index in [1.54, 1.807) is 32.2 Å². The van der Waals surface area contributed by atoms with Crippen molar-refractivity contribution in [1.82, 2.24) is 20.4 Å². The molecule has 1 saturated carbocycles. The number of nitrogens with two attached hydrogens (primary N) is 1. The minimum absolute atomic E-state index is 0.250. The molecule has 8 nitrogen and oxygen atoms in total. The Hall–Kier alpha value is -2.86. The Morgan fingerprint density at radius 2 is 1.94 bits per heavy atom. The van der Waals surface area contributed by atoms with Crippen LogP contribution in [0.1, 0.15) is 31.0 Å². The monoisotopic (exact) mass is 468 g/mol. The van der Waals surface area contributed by atoms with E-state index in [0.29, 0.717) is 36.0 Å². The molecule has 2 heterocycles. The third-order valence-electron chi connectivity index (χ3n) is 5.34. The summed E-state index contributed by atoms with van der Waals surface area (Å²) in [4.78, 5) is 4.20. The van der Waals surface area contributed by atoms with Crippen LogP contribution in [0.2, 0.25) is 0 Å². The van der Waals surface area contributed by atoms with Gasteiger partial charge in [0.1, 0.15) is 11.4 Å². The maximum atomic E-state index is 13.3. The number of hydrogen-bond donors (Lipinski definition) is 3. The van der Waals surface area contributed by atoms with E-state index in [4.69, 9.17) is 5.73 Å². The highest BCUT2D eigenvalue weighted by molar-refractivity contribution is 7.92. The van der Waals surface area contributed by atoms with Gasteiger partial charge in [0.05, 0.1) is 27.1 Å². The van der Waals surface area contributed by atoms with E-state index in [0.717, 1.165) is 0 Å². The third-order valence-corrected chi connectivity index (χ3v) is 7.62. The Balaban J connectivity index is 1.64. The normalized spacial score (nSPS) is 21.6. The number of benzene rings is 1. The Labute approximate surface area is 183 Å². The first kappa shape index (κ1) is 22.3. The van der Waals surface area contributed by atoms with Crippen LogP contribution in [0.15, 0.2) is 51.7 Å². The minimum atomic E-state index is -4.60. The van der Waals surface area contributed by atoms with Crippen LogP contribution in [0.25, 0.3) is 5.69 Å². The molecule has 1 aliphatic heterocycles. The number of aryl methyl sites for hydroxylation is 1. The van der Waals surface area contributed by atoms with Crippen molar-refractivity contribution in [2.24, 2.45) is 10.7 Å². The van der Waals surface area contributed by atoms with E-state index in [1.165, 1.54) is 16.8 Å². The molecule has 0 radical (unpaired) electrons. The van der Waals surface area contributed by atoms with E-state index < -0.39 is 27.4 Å². The van der Waals surface area contributed by atoms with Crippen LogP contribution in [-0.4, -0.2) is 42.4 Å².